The van der Waals surface area contributed by atoms with E-state index in [9.17, 15) is 0 Å². The third kappa shape index (κ3) is 3.18. The van der Waals surface area contributed by atoms with Crippen LogP contribution < -0.4 is 0 Å². The van der Waals surface area contributed by atoms with Gasteiger partial charge in [0.25, 0.3) is 0 Å². The Balaban J connectivity index is 1.78. The summed E-state index contributed by atoms with van der Waals surface area (Å²) >= 11 is 0. The topological polar surface area (TPSA) is 0 Å². The molecule has 5 unspecified atom stereocenters. The minimum Gasteiger partial charge on any atom is -0.100 e. The minimum absolute atomic E-state index is 0.522. The molecule has 0 heteroatoms. The Hall–Kier alpha value is -0.780. The van der Waals surface area contributed by atoms with Crippen molar-refractivity contribution in [1.82, 2.24) is 0 Å². The summed E-state index contributed by atoms with van der Waals surface area (Å²) in [6.07, 6.45) is 16.1. The number of hydrogen-bond acceptors (Lipinski definition) is 0. The van der Waals surface area contributed by atoms with Crippen LogP contribution in [0.2, 0.25) is 0 Å². The van der Waals surface area contributed by atoms with Gasteiger partial charge in [-0.3, -0.25) is 0 Å². The van der Waals surface area contributed by atoms with Crippen molar-refractivity contribution in [2.45, 2.75) is 85.0 Å². The van der Waals surface area contributed by atoms with Crippen molar-refractivity contribution >= 4 is 0 Å². The van der Waals surface area contributed by atoms with Crippen LogP contribution in [0.4, 0.5) is 0 Å². The van der Waals surface area contributed by atoms with E-state index in [2.05, 4.69) is 40.0 Å². The van der Waals surface area contributed by atoms with Crippen molar-refractivity contribution in [3.05, 3.63) is 36.0 Å². The molecule has 24 heavy (non-hydrogen) atoms. The predicted molar refractivity (Wildman–Crippen MR) is 106 cm³/mol. The van der Waals surface area contributed by atoms with Crippen molar-refractivity contribution in [3.8, 4) is 0 Å². The fraction of sp³-hybridized carbons (Fsp3) is 0.750. The van der Waals surface area contributed by atoms with Gasteiger partial charge >= 0.3 is 0 Å². The van der Waals surface area contributed by atoms with Gasteiger partial charge in [-0.1, -0.05) is 49.6 Å². The first kappa shape index (κ1) is 18.0. The van der Waals surface area contributed by atoms with Crippen LogP contribution in [0.1, 0.15) is 85.0 Å². The van der Waals surface area contributed by atoms with Crippen LogP contribution >= 0.6 is 0 Å². The first-order chi connectivity index (χ1) is 11.5. The van der Waals surface area contributed by atoms with Crippen LogP contribution in [0.3, 0.4) is 0 Å². The summed E-state index contributed by atoms with van der Waals surface area (Å²) in [6, 6.07) is 0. The van der Waals surface area contributed by atoms with E-state index < -0.39 is 0 Å². The van der Waals surface area contributed by atoms with E-state index in [-0.39, 0.29) is 0 Å². The van der Waals surface area contributed by atoms with Gasteiger partial charge in [-0.2, -0.15) is 0 Å². The molecule has 0 spiro atoms. The van der Waals surface area contributed by atoms with Gasteiger partial charge in [0.15, 0.2) is 0 Å². The third-order valence-electron chi connectivity index (χ3n) is 7.74. The number of allylic oxidation sites excluding steroid dienone is 4. The molecule has 5 atom stereocenters. The molecule has 0 aromatic heterocycles. The lowest BCUT2D eigenvalue weighted by Gasteiger charge is -2.52. The smallest absolute Gasteiger partial charge is 0.00852 e. The summed E-state index contributed by atoms with van der Waals surface area (Å²) in [5.41, 5.74) is 5.24. The van der Waals surface area contributed by atoms with E-state index in [0.717, 1.165) is 23.7 Å². The molecule has 0 aromatic carbocycles. The van der Waals surface area contributed by atoms with E-state index in [1.807, 2.05) is 5.57 Å². The fourth-order valence-corrected chi connectivity index (χ4v) is 6.39. The summed E-state index contributed by atoms with van der Waals surface area (Å²) in [5, 5.41) is 0. The van der Waals surface area contributed by atoms with Gasteiger partial charge in [-0.05, 0) is 93.8 Å². The van der Waals surface area contributed by atoms with Crippen molar-refractivity contribution in [1.29, 1.82) is 0 Å². The molecule has 3 rings (SSSR count). The molecule has 3 aliphatic carbocycles. The average molecular weight is 327 g/mol. The molecule has 3 fully saturated rings. The number of fused-ring (bicyclic) bond motifs is 3. The normalized spacial score (nSPS) is 40.5. The number of hydrogen-bond donors (Lipinski definition) is 0. The van der Waals surface area contributed by atoms with E-state index in [4.69, 9.17) is 0 Å². The molecule has 0 saturated heterocycles. The van der Waals surface area contributed by atoms with Gasteiger partial charge in [0.05, 0.1) is 0 Å². The van der Waals surface area contributed by atoms with Crippen LogP contribution in [0, 0.1) is 29.1 Å². The van der Waals surface area contributed by atoms with E-state index >= 15 is 0 Å². The standard InChI is InChI=1S/C24H38/c1-6-7-8-19-11-14-23-22-13-10-18(4)20(12-9-17(2)3)21(22)15-16-24(19,23)5/h8,20-23H,2,4,6-7,9-16H2,1,3,5H3/b19-8-. The van der Waals surface area contributed by atoms with Crippen molar-refractivity contribution in [3.63, 3.8) is 0 Å². The highest BCUT2D eigenvalue weighted by molar-refractivity contribution is 5.25. The molecule has 0 amide bonds. The van der Waals surface area contributed by atoms with Gasteiger partial charge in [0.2, 0.25) is 0 Å². The summed E-state index contributed by atoms with van der Waals surface area (Å²) in [5.74, 6) is 3.58. The van der Waals surface area contributed by atoms with E-state index in [1.54, 1.807) is 5.57 Å². The van der Waals surface area contributed by atoms with Crippen molar-refractivity contribution in [2.75, 3.05) is 0 Å². The largest absolute Gasteiger partial charge is 0.100 e. The molecule has 0 N–H and O–H groups in total. The Morgan fingerprint density at radius 2 is 2.00 bits per heavy atom. The Morgan fingerprint density at radius 3 is 2.71 bits per heavy atom. The van der Waals surface area contributed by atoms with Crippen LogP contribution in [0.15, 0.2) is 36.0 Å². The van der Waals surface area contributed by atoms with Crippen LogP contribution in [-0.2, 0) is 0 Å². The lowest BCUT2D eigenvalue weighted by atomic mass is 9.52. The number of rotatable bonds is 5. The van der Waals surface area contributed by atoms with Crippen molar-refractivity contribution in [2.24, 2.45) is 29.1 Å². The SMILES string of the molecule is C=C(C)CCC1C(=C)CCC2C1CCC1(C)/C(=C\CCC)CCC21. The molecule has 0 heterocycles. The monoisotopic (exact) mass is 326 g/mol. The summed E-state index contributed by atoms with van der Waals surface area (Å²) in [6.45, 7) is 15.7. The van der Waals surface area contributed by atoms with Gasteiger partial charge < -0.3 is 0 Å². The Labute approximate surface area is 150 Å². The zero-order valence-corrected chi connectivity index (χ0v) is 16.4. The Kier molecular flexibility index (Phi) is 5.42. The zero-order valence-electron chi connectivity index (χ0n) is 16.4. The van der Waals surface area contributed by atoms with Gasteiger partial charge in [-0.25, -0.2) is 0 Å². The lowest BCUT2D eigenvalue weighted by Crippen LogP contribution is -2.44. The average Bonchev–Trinajstić information content (AvgIpc) is 2.88. The van der Waals surface area contributed by atoms with Crippen molar-refractivity contribution < 1.29 is 0 Å². The second kappa shape index (κ2) is 7.22. The minimum atomic E-state index is 0.522. The fourth-order valence-electron chi connectivity index (χ4n) is 6.39. The lowest BCUT2D eigenvalue weighted by molar-refractivity contribution is 0.0153. The highest BCUT2D eigenvalue weighted by Gasteiger charge is 2.53. The number of unbranched alkanes of at least 4 members (excludes halogenated alkanes) is 1. The molecule has 0 aliphatic heterocycles. The molecule has 0 aromatic rings. The maximum Gasteiger partial charge on any atom is -0.00852 e. The van der Waals surface area contributed by atoms with Gasteiger partial charge in [0.1, 0.15) is 0 Å². The van der Waals surface area contributed by atoms with Crippen LogP contribution in [-0.4, -0.2) is 0 Å². The maximum atomic E-state index is 4.48. The third-order valence-corrected chi connectivity index (χ3v) is 7.74. The van der Waals surface area contributed by atoms with Gasteiger partial charge in [0, 0.05) is 0 Å². The second-order valence-electron chi connectivity index (χ2n) is 9.25. The Bertz CT molecular complexity index is 522. The highest BCUT2D eigenvalue weighted by Crippen LogP contribution is 2.63. The molecule has 3 aliphatic rings. The van der Waals surface area contributed by atoms with Crippen LogP contribution in [0.25, 0.3) is 0 Å². The maximum absolute atomic E-state index is 4.48. The van der Waals surface area contributed by atoms with E-state index in [1.165, 1.54) is 69.8 Å². The highest BCUT2D eigenvalue weighted by atomic mass is 14.6. The summed E-state index contributed by atoms with van der Waals surface area (Å²) in [4.78, 5) is 0. The zero-order chi connectivity index (χ0) is 17.3. The molecular weight excluding hydrogens is 288 g/mol. The first-order valence-electron chi connectivity index (χ1n) is 10.5. The molecule has 0 nitrogen and oxygen atoms in total. The molecule has 134 valence electrons. The predicted octanol–water partition coefficient (Wildman–Crippen LogP) is 7.48. The molecular formula is C24H38. The summed E-state index contributed by atoms with van der Waals surface area (Å²) in [7, 11) is 0. The van der Waals surface area contributed by atoms with Crippen LogP contribution in [0.5, 0.6) is 0 Å². The molecule has 0 radical (unpaired) electrons. The summed E-state index contributed by atoms with van der Waals surface area (Å²) < 4.78 is 0. The Morgan fingerprint density at radius 1 is 1.21 bits per heavy atom. The van der Waals surface area contributed by atoms with E-state index in [0.29, 0.717) is 5.41 Å². The second-order valence-corrected chi connectivity index (χ2v) is 9.25. The molecule has 0 bridgehead atoms. The van der Waals surface area contributed by atoms with Gasteiger partial charge in [-0.15, -0.1) is 6.58 Å². The quantitative estimate of drug-likeness (QED) is 0.459. The molecule has 3 saturated carbocycles. The first-order valence-corrected chi connectivity index (χ1v) is 10.5.